The van der Waals surface area contributed by atoms with Gasteiger partial charge in [-0.2, -0.15) is 10.7 Å². The number of esters is 1. The van der Waals surface area contributed by atoms with Crippen LogP contribution >= 0.6 is 0 Å². The molecule has 128 valence electrons. The molecule has 1 rings (SSSR count). The van der Waals surface area contributed by atoms with E-state index in [0.717, 1.165) is 0 Å². The lowest BCUT2D eigenvalue weighted by molar-refractivity contribution is -0.179. The van der Waals surface area contributed by atoms with Gasteiger partial charge in [-0.15, -0.1) is 0 Å². The van der Waals surface area contributed by atoms with Crippen molar-refractivity contribution in [3.05, 3.63) is 35.4 Å². The van der Waals surface area contributed by atoms with Crippen LogP contribution in [-0.4, -0.2) is 24.5 Å². The van der Waals surface area contributed by atoms with Crippen LogP contribution in [0.1, 0.15) is 38.3 Å². The van der Waals surface area contributed by atoms with E-state index in [4.69, 9.17) is 14.8 Å². The minimum absolute atomic E-state index is 0.0342. The maximum atomic E-state index is 12.5. The number of hydrogen-bond acceptors (Lipinski definition) is 6. The van der Waals surface area contributed by atoms with Gasteiger partial charge in [0.2, 0.25) is 5.91 Å². The second-order valence-corrected chi connectivity index (χ2v) is 5.19. The number of nitrogens with one attached hydrogen (secondary N) is 1. The lowest BCUT2D eigenvalue weighted by Gasteiger charge is -2.27. The third-order valence-electron chi connectivity index (χ3n) is 3.54. The van der Waals surface area contributed by atoms with E-state index in [1.165, 1.54) is 6.92 Å². The summed E-state index contributed by atoms with van der Waals surface area (Å²) in [4.78, 5) is 40.6. The van der Waals surface area contributed by atoms with Crippen LogP contribution in [0.4, 0.5) is 0 Å². The number of hydrogen-bond donors (Lipinski definition) is 1. The van der Waals surface area contributed by atoms with Crippen LogP contribution in [0.15, 0.2) is 24.3 Å². The molecule has 1 N–H and O–H groups in total. The molecule has 7 nitrogen and oxygen atoms in total. The molecule has 0 saturated heterocycles. The number of benzene rings is 1. The number of carbonyl (C=O) groups excluding carboxylic acids is 3. The van der Waals surface area contributed by atoms with Crippen LogP contribution in [-0.2, 0) is 30.4 Å². The van der Waals surface area contributed by atoms with Gasteiger partial charge in [0.1, 0.15) is 0 Å². The van der Waals surface area contributed by atoms with Crippen molar-refractivity contribution in [1.29, 1.82) is 5.26 Å². The summed E-state index contributed by atoms with van der Waals surface area (Å²) in [6.07, 6.45) is 0.163. The van der Waals surface area contributed by atoms with E-state index in [-0.39, 0.29) is 19.4 Å². The van der Waals surface area contributed by atoms with Crippen LogP contribution in [0.5, 0.6) is 0 Å². The summed E-state index contributed by atoms with van der Waals surface area (Å²) in [7, 11) is 0. The van der Waals surface area contributed by atoms with Crippen LogP contribution in [0, 0.1) is 16.7 Å². The summed E-state index contributed by atoms with van der Waals surface area (Å²) < 4.78 is 5.04. The summed E-state index contributed by atoms with van der Waals surface area (Å²) in [6.45, 7) is 4.60. The number of ether oxygens (including phenoxy) is 1. The van der Waals surface area contributed by atoms with Gasteiger partial charge in [-0.25, -0.2) is 4.79 Å². The number of nitriles is 1. The van der Waals surface area contributed by atoms with Gasteiger partial charge in [0.15, 0.2) is 5.41 Å². The van der Waals surface area contributed by atoms with Crippen molar-refractivity contribution in [3.8, 4) is 6.07 Å². The summed E-state index contributed by atoms with van der Waals surface area (Å²) >= 11 is 0. The average Bonchev–Trinajstić information content (AvgIpc) is 2.58. The second kappa shape index (κ2) is 8.67. The SMILES string of the molecule is CCOC(=O)C(CC)(Cc1ccc(C#N)cc1)C(=O)ONC(C)=O. The minimum atomic E-state index is -1.58. The van der Waals surface area contributed by atoms with E-state index in [1.807, 2.05) is 11.5 Å². The Morgan fingerprint density at radius 3 is 2.25 bits per heavy atom. The molecule has 1 amide bonds. The van der Waals surface area contributed by atoms with E-state index >= 15 is 0 Å². The summed E-state index contributed by atoms with van der Waals surface area (Å²) in [6, 6.07) is 8.51. The van der Waals surface area contributed by atoms with Gasteiger partial charge in [-0.1, -0.05) is 19.1 Å². The lowest BCUT2D eigenvalue weighted by atomic mass is 9.79. The second-order valence-electron chi connectivity index (χ2n) is 5.19. The smallest absolute Gasteiger partial charge is 0.349 e. The van der Waals surface area contributed by atoms with E-state index in [9.17, 15) is 14.4 Å². The van der Waals surface area contributed by atoms with Crippen LogP contribution < -0.4 is 5.48 Å². The summed E-state index contributed by atoms with van der Waals surface area (Å²) in [5, 5.41) is 8.84. The quantitative estimate of drug-likeness (QED) is 0.482. The Morgan fingerprint density at radius 2 is 1.79 bits per heavy atom. The predicted molar refractivity (Wildman–Crippen MR) is 84.1 cm³/mol. The molecular weight excluding hydrogens is 312 g/mol. The summed E-state index contributed by atoms with van der Waals surface area (Å²) in [5.74, 6) is -2.16. The molecule has 1 atom stereocenters. The number of rotatable bonds is 6. The van der Waals surface area contributed by atoms with Crippen LogP contribution in [0.3, 0.4) is 0 Å². The summed E-state index contributed by atoms with van der Waals surface area (Å²) in [5.41, 5.74) is 1.51. The number of hydroxylamine groups is 1. The minimum Gasteiger partial charge on any atom is -0.465 e. The fraction of sp³-hybridized carbons (Fsp3) is 0.412. The highest BCUT2D eigenvalue weighted by Gasteiger charge is 2.48. The van der Waals surface area contributed by atoms with Crippen LogP contribution in [0.25, 0.3) is 0 Å². The van der Waals surface area contributed by atoms with Crippen LogP contribution in [0.2, 0.25) is 0 Å². The first-order chi connectivity index (χ1) is 11.4. The molecule has 1 aromatic carbocycles. The fourth-order valence-corrected chi connectivity index (χ4v) is 2.17. The van der Waals surface area contributed by atoms with Crippen molar-refractivity contribution in [1.82, 2.24) is 5.48 Å². The first kappa shape index (κ1) is 19.2. The number of nitrogens with zero attached hydrogens (tertiary/aromatic N) is 1. The molecule has 7 heteroatoms. The monoisotopic (exact) mass is 332 g/mol. The van der Waals surface area contributed by atoms with E-state index in [1.54, 1.807) is 38.1 Å². The molecule has 0 radical (unpaired) electrons. The topological polar surface area (TPSA) is 105 Å². The third kappa shape index (κ3) is 4.56. The van der Waals surface area contributed by atoms with Crippen molar-refractivity contribution in [2.75, 3.05) is 6.61 Å². The Balaban J connectivity index is 3.14. The van der Waals surface area contributed by atoms with E-state index < -0.39 is 23.3 Å². The molecule has 0 heterocycles. The van der Waals surface area contributed by atoms with Gasteiger partial charge in [0.25, 0.3) is 0 Å². The normalized spacial score (nSPS) is 12.4. The standard InChI is InChI=1S/C17H20N2O5/c1-4-17(15(21)23-5-2,16(22)24-19-12(3)20)10-13-6-8-14(11-18)9-7-13/h6-9H,4-5,10H2,1-3H3,(H,19,20). The predicted octanol–water partition coefficient (Wildman–Crippen LogP) is 1.65. The van der Waals surface area contributed by atoms with Crippen molar-refractivity contribution < 1.29 is 24.0 Å². The zero-order chi connectivity index (χ0) is 18.2. The van der Waals surface area contributed by atoms with E-state index in [2.05, 4.69) is 0 Å². The molecule has 0 fully saturated rings. The zero-order valence-electron chi connectivity index (χ0n) is 13.9. The van der Waals surface area contributed by atoms with Crippen molar-refractivity contribution in [2.45, 2.75) is 33.6 Å². The molecular formula is C17H20N2O5. The first-order valence-corrected chi connectivity index (χ1v) is 7.53. The fourth-order valence-electron chi connectivity index (χ4n) is 2.17. The van der Waals surface area contributed by atoms with Gasteiger partial charge < -0.3 is 9.57 Å². The maximum absolute atomic E-state index is 12.5. The Morgan fingerprint density at radius 1 is 1.17 bits per heavy atom. The highest BCUT2D eigenvalue weighted by molar-refractivity contribution is 6.00. The molecule has 0 aliphatic rings. The highest BCUT2D eigenvalue weighted by atomic mass is 16.7. The Bertz CT molecular complexity index is 648. The molecule has 1 aromatic rings. The zero-order valence-corrected chi connectivity index (χ0v) is 13.9. The Hall–Kier alpha value is -2.88. The van der Waals surface area contributed by atoms with Crippen molar-refractivity contribution >= 4 is 17.8 Å². The number of amides is 1. The molecule has 0 aromatic heterocycles. The van der Waals surface area contributed by atoms with Gasteiger partial charge in [-0.3, -0.25) is 9.59 Å². The Labute approximate surface area is 140 Å². The van der Waals surface area contributed by atoms with Gasteiger partial charge in [0, 0.05) is 6.92 Å². The molecule has 0 aliphatic carbocycles. The third-order valence-corrected chi connectivity index (χ3v) is 3.54. The molecule has 1 unspecified atom stereocenters. The molecule has 0 saturated carbocycles. The van der Waals surface area contributed by atoms with Gasteiger partial charge >= 0.3 is 11.9 Å². The average molecular weight is 332 g/mol. The van der Waals surface area contributed by atoms with Crippen molar-refractivity contribution in [2.24, 2.45) is 5.41 Å². The molecule has 0 aliphatic heterocycles. The lowest BCUT2D eigenvalue weighted by Crippen LogP contribution is -2.45. The highest BCUT2D eigenvalue weighted by Crippen LogP contribution is 2.31. The molecule has 0 spiro atoms. The van der Waals surface area contributed by atoms with Gasteiger partial charge in [0.05, 0.1) is 18.2 Å². The van der Waals surface area contributed by atoms with E-state index in [0.29, 0.717) is 11.1 Å². The Kier molecular flexibility index (Phi) is 6.93. The largest absolute Gasteiger partial charge is 0.465 e. The van der Waals surface area contributed by atoms with Crippen molar-refractivity contribution in [3.63, 3.8) is 0 Å². The molecule has 24 heavy (non-hydrogen) atoms. The number of carbonyl (C=O) groups is 3. The van der Waals surface area contributed by atoms with Gasteiger partial charge in [-0.05, 0) is 37.5 Å². The first-order valence-electron chi connectivity index (χ1n) is 7.53. The maximum Gasteiger partial charge on any atom is 0.349 e. The molecule has 0 bridgehead atoms.